The van der Waals surface area contributed by atoms with Crippen LogP contribution in [0, 0.1) is 6.92 Å². The molecule has 1 aliphatic heterocycles. The quantitative estimate of drug-likeness (QED) is 0.679. The minimum absolute atomic E-state index is 0.150. The number of aryl methyl sites for hydroxylation is 1. The van der Waals surface area contributed by atoms with Crippen LogP contribution < -0.4 is 0 Å². The molecule has 29 heavy (non-hydrogen) atoms. The molecule has 2 aromatic heterocycles. The van der Waals surface area contributed by atoms with Gasteiger partial charge in [0.15, 0.2) is 5.65 Å². The van der Waals surface area contributed by atoms with Crippen LogP contribution in [0.3, 0.4) is 0 Å². The summed E-state index contributed by atoms with van der Waals surface area (Å²) in [4.78, 5) is 6.50. The molecule has 1 aliphatic rings. The minimum Gasteiger partial charge on any atom is -0.507 e. The fourth-order valence-electron chi connectivity index (χ4n) is 3.76. The number of nitrogens with zero attached hydrogens (tertiary/aromatic N) is 5. The summed E-state index contributed by atoms with van der Waals surface area (Å²) >= 11 is 0. The predicted molar refractivity (Wildman–Crippen MR) is 99.3 cm³/mol. The van der Waals surface area contributed by atoms with E-state index in [1.165, 1.54) is 6.07 Å². The zero-order valence-corrected chi connectivity index (χ0v) is 15.8. The molecule has 1 saturated heterocycles. The summed E-state index contributed by atoms with van der Waals surface area (Å²) in [7, 11) is 1.97. The van der Waals surface area contributed by atoms with E-state index in [2.05, 4.69) is 20.1 Å². The SMILES string of the molecule is Cc1c(-c2ccc(C(F)(F)F)cc2O)nnc2c1ncn2[C@H]1CN(C)CC[C@H]1O. The van der Waals surface area contributed by atoms with E-state index in [1.54, 1.807) is 17.8 Å². The maximum atomic E-state index is 12.9. The fourth-order valence-corrected chi connectivity index (χ4v) is 3.76. The highest BCUT2D eigenvalue weighted by Crippen LogP contribution is 2.37. The Morgan fingerprint density at radius 3 is 2.66 bits per heavy atom. The van der Waals surface area contributed by atoms with Gasteiger partial charge >= 0.3 is 6.18 Å². The fraction of sp³-hybridized carbons (Fsp3) is 0.421. The number of hydrogen-bond acceptors (Lipinski definition) is 6. The third-order valence-corrected chi connectivity index (χ3v) is 5.41. The Morgan fingerprint density at radius 2 is 1.97 bits per heavy atom. The summed E-state index contributed by atoms with van der Waals surface area (Å²) in [5.41, 5.74) is 1.06. The molecular weight excluding hydrogens is 387 g/mol. The maximum Gasteiger partial charge on any atom is 0.416 e. The summed E-state index contributed by atoms with van der Waals surface area (Å²) in [5.74, 6) is -0.527. The van der Waals surface area contributed by atoms with Crippen LogP contribution in [0.5, 0.6) is 5.75 Å². The van der Waals surface area contributed by atoms with Crippen molar-refractivity contribution in [3.63, 3.8) is 0 Å². The van der Waals surface area contributed by atoms with Crippen molar-refractivity contribution in [3.05, 3.63) is 35.7 Å². The van der Waals surface area contributed by atoms with E-state index in [0.717, 1.165) is 12.6 Å². The number of imidazole rings is 1. The van der Waals surface area contributed by atoms with Gasteiger partial charge in [-0.3, -0.25) is 0 Å². The van der Waals surface area contributed by atoms with E-state index >= 15 is 0 Å². The molecule has 0 saturated carbocycles. The molecular formula is C19H20F3N5O2. The largest absolute Gasteiger partial charge is 0.507 e. The van der Waals surface area contributed by atoms with Crippen LogP contribution in [0.4, 0.5) is 13.2 Å². The van der Waals surface area contributed by atoms with E-state index in [9.17, 15) is 23.4 Å². The van der Waals surface area contributed by atoms with Crippen LogP contribution >= 0.6 is 0 Å². The summed E-state index contributed by atoms with van der Waals surface area (Å²) in [6, 6.07) is 2.52. The molecule has 154 valence electrons. The van der Waals surface area contributed by atoms with Gasteiger partial charge in [0.2, 0.25) is 0 Å². The van der Waals surface area contributed by atoms with Gasteiger partial charge in [-0.2, -0.15) is 13.2 Å². The van der Waals surface area contributed by atoms with Gasteiger partial charge in [-0.25, -0.2) is 4.98 Å². The number of benzene rings is 1. The minimum atomic E-state index is -4.55. The number of likely N-dealkylation sites (N-methyl/N-ethyl adjacent to an activating group) is 1. The molecule has 4 rings (SSSR count). The van der Waals surface area contributed by atoms with E-state index < -0.39 is 23.6 Å². The third-order valence-electron chi connectivity index (χ3n) is 5.41. The van der Waals surface area contributed by atoms with Crippen molar-refractivity contribution in [1.82, 2.24) is 24.6 Å². The zero-order chi connectivity index (χ0) is 20.9. The first kappa shape index (κ1) is 19.6. The lowest BCUT2D eigenvalue weighted by atomic mass is 10.0. The Kier molecular flexibility index (Phi) is 4.70. The van der Waals surface area contributed by atoms with Gasteiger partial charge in [0.25, 0.3) is 0 Å². The summed E-state index contributed by atoms with van der Waals surface area (Å²) in [5, 5.41) is 28.9. The van der Waals surface area contributed by atoms with Crippen molar-refractivity contribution >= 4 is 11.2 Å². The number of aromatic hydroxyl groups is 1. The van der Waals surface area contributed by atoms with E-state index in [1.807, 2.05) is 7.05 Å². The Balaban J connectivity index is 1.77. The normalized spacial score (nSPS) is 21.0. The summed E-state index contributed by atoms with van der Waals surface area (Å²) in [6.07, 6.45) is -2.86. The molecule has 0 bridgehead atoms. The number of aliphatic hydroxyl groups is 1. The smallest absolute Gasteiger partial charge is 0.416 e. The van der Waals surface area contributed by atoms with Gasteiger partial charge in [0, 0.05) is 24.2 Å². The number of aromatic nitrogens is 4. The molecule has 0 unspecified atom stereocenters. The number of rotatable bonds is 2. The second kappa shape index (κ2) is 6.96. The Hall–Kier alpha value is -2.72. The molecule has 2 N–H and O–H groups in total. The van der Waals surface area contributed by atoms with Crippen LogP contribution in [-0.4, -0.2) is 61.1 Å². The molecule has 1 fully saturated rings. The average molecular weight is 407 g/mol. The van der Waals surface area contributed by atoms with Crippen molar-refractivity contribution in [2.24, 2.45) is 0 Å². The molecule has 0 aliphatic carbocycles. The molecule has 10 heteroatoms. The van der Waals surface area contributed by atoms with Gasteiger partial charge in [-0.1, -0.05) is 0 Å². The first-order valence-corrected chi connectivity index (χ1v) is 9.14. The highest BCUT2D eigenvalue weighted by atomic mass is 19.4. The molecule has 2 atom stereocenters. The number of likely N-dealkylation sites (tertiary alicyclic amines) is 1. The first-order valence-electron chi connectivity index (χ1n) is 9.14. The van der Waals surface area contributed by atoms with Crippen molar-refractivity contribution in [2.45, 2.75) is 31.7 Å². The number of aliphatic hydroxyl groups excluding tert-OH is 1. The average Bonchev–Trinajstić information content (AvgIpc) is 3.08. The standard InChI is InChI=1S/C19H20F3N5O2/c1-10-16(12-4-3-11(7-15(12)29)19(20,21)22)24-25-18-17(10)23-9-27(18)13-8-26(2)6-5-14(13)28/h3-4,7,9,13-14,28-29H,5-6,8H2,1-2H3/t13-,14+/m0/s1. The Bertz CT molecular complexity index is 1070. The van der Waals surface area contributed by atoms with Crippen LogP contribution in [0.15, 0.2) is 24.5 Å². The summed E-state index contributed by atoms with van der Waals surface area (Å²) in [6.45, 7) is 3.16. The highest BCUT2D eigenvalue weighted by molar-refractivity contribution is 5.83. The highest BCUT2D eigenvalue weighted by Gasteiger charge is 2.32. The lowest BCUT2D eigenvalue weighted by molar-refractivity contribution is -0.137. The topological polar surface area (TPSA) is 87.3 Å². The van der Waals surface area contributed by atoms with Crippen LogP contribution in [0.25, 0.3) is 22.4 Å². The zero-order valence-electron chi connectivity index (χ0n) is 15.8. The van der Waals surface area contributed by atoms with Crippen LogP contribution in [0.2, 0.25) is 0 Å². The molecule has 1 aromatic carbocycles. The molecule has 0 radical (unpaired) electrons. The molecule has 3 heterocycles. The van der Waals surface area contributed by atoms with Gasteiger partial charge in [-0.15, -0.1) is 10.2 Å². The van der Waals surface area contributed by atoms with Gasteiger partial charge < -0.3 is 19.7 Å². The molecule has 0 spiro atoms. The van der Waals surface area contributed by atoms with Gasteiger partial charge in [-0.05, 0) is 38.6 Å². The van der Waals surface area contributed by atoms with Crippen LogP contribution in [0.1, 0.15) is 23.6 Å². The number of hydrogen-bond donors (Lipinski definition) is 2. The van der Waals surface area contributed by atoms with Gasteiger partial charge in [0.1, 0.15) is 17.0 Å². The maximum absolute atomic E-state index is 12.9. The Labute approximate surface area is 164 Å². The summed E-state index contributed by atoms with van der Waals surface area (Å²) < 4.78 is 40.3. The first-order chi connectivity index (χ1) is 13.7. The van der Waals surface area contributed by atoms with Crippen molar-refractivity contribution < 1.29 is 23.4 Å². The van der Waals surface area contributed by atoms with Crippen molar-refractivity contribution in [2.75, 3.05) is 20.1 Å². The second-order valence-electron chi connectivity index (χ2n) is 7.41. The molecule has 0 amide bonds. The van der Waals surface area contributed by atoms with Crippen LogP contribution in [-0.2, 0) is 6.18 Å². The number of phenols is 1. The van der Waals surface area contributed by atoms with Crippen molar-refractivity contribution in [1.29, 1.82) is 0 Å². The number of halogens is 3. The predicted octanol–water partition coefficient (Wildman–Crippen LogP) is 2.76. The number of fused-ring (bicyclic) bond motifs is 1. The third kappa shape index (κ3) is 3.42. The number of piperidine rings is 1. The number of phenolic OH excluding ortho intramolecular Hbond substituents is 1. The van der Waals surface area contributed by atoms with E-state index in [4.69, 9.17) is 0 Å². The Morgan fingerprint density at radius 1 is 1.21 bits per heavy atom. The lowest BCUT2D eigenvalue weighted by Gasteiger charge is -2.34. The van der Waals surface area contributed by atoms with E-state index in [-0.39, 0.29) is 17.3 Å². The molecule has 3 aromatic rings. The molecule has 7 nitrogen and oxygen atoms in total. The second-order valence-corrected chi connectivity index (χ2v) is 7.41. The number of alkyl halides is 3. The van der Waals surface area contributed by atoms with Crippen molar-refractivity contribution in [3.8, 4) is 17.0 Å². The lowest BCUT2D eigenvalue weighted by Crippen LogP contribution is -2.42. The van der Waals surface area contributed by atoms with E-state index in [0.29, 0.717) is 35.8 Å². The van der Waals surface area contributed by atoms with Gasteiger partial charge in [0.05, 0.1) is 24.0 Å². The monoisotopic (exact) mass is 407 g/mol.